The normalized spacial score (nSPS) is 15.2. The van der Waals surface area contributed by atoms with Gasteiger partial charge in [0.2, 0.25) is 27.5 Å². The van der Waals surface area contributed by atoms with Gasteiger partial charge in [-0.15, -0.1) is 0 Å². The van der Waals surface area contributed by atoms with E-state index in [0.717, 1.165) is 16.5 Å². The van der Waals surface area contributed by atoms with E-state index in [1.165, 1.54) is 31.8 Å². The molecular formula is C62H58N12O12S2. The zero-order valence-corrected chi connectivity index (χ0v) is 49.3. The lowest BCUT2D eigenvalue weighted by molar-refractivity contribution is -0.191. The number of amides is 3. The molecule has 9 aromatic rings. The van der Waals surface area contributed by atoms with Crippen LogP contribution in [0.3, 0.4) is 0 Å². The van der Waals surface area contributed by atoms with Gasteiger partial charge < -0.3 is 55.1 Å². The molecule has 6 heterocycles. The van der Waals surface area contributed by atoms with Crippen LogP contribution in [-0.2, 0) is 70.3 Å². The fraction of sp³-hybridized carbons (Fsp3) is 0.226. The first kappa shape index (κ1) is 59.4. The molecule has 0 bridgehead atoms. The number of rotatable bonds is 20. The predicted octanol–water partition coefficient (Wildman–Crippen LogP) is 7.26. The molecule has 0 spiro atoms. The van der Waals surface area contributed by atoms with Gasteiger partial charge in [-0.1, -0.05) is 81.4 Å². The SMILES string of the molecule is CC[C@@]1(OC(=O)[C@H](NC(=O)[C@H](Cc2cnc[nH]2)NC(=S)Nc2ccc(CC(NS(=O)(=O)c3cc(-c4cccc(NC(=O)Nc5nc6ccccc6[nH]5)c4)ccc3OC)C(=O)O)cc2)C(C)C)C(=O)OCc2c1cc1n(c2=O)Cc2cc3ccccc3nc2-1. The lowest BCUT2D eigenvalue weighted by Crippen LogP contribution is -2.56. The number of nitrogens with zero attached hydrogens (tertiary/aromatic N) is 4. The van der Waals surface area contributed by atoms with Crippen LogP contribution < -0.4 is 41.6 Å². The molecule has 0 fully saturated rings. The number of cyclic esters (lactones) is 1. The Morgan fingerprint density at radius 3 is 2.32 bits per heavy atom. The molecule has 0 aliphatic carbocycles. The smallest absolute Gasteiger partial charge is 0.355 e. The van der Waals surface area contributed by atoms with Crippen LogP contribution in [0, 0.1) is 5.92 Å². The van der Waals surface area contributed by atoms with Crippen molar-refractivity contribution in [1.29, 1.82) is 0 Å². The van der Waals surface area contributed by atoms with Crippen LogP contribution in [0.25, 0.3) is 44.5 Å². The van der Waals surface area contributed by atoms with Crippen LogP contribution in [0.2, 0.25) is 0 Å². The summed E-state index contributed by atoms with van der Waals surface area (Å²) < 4.78 is 49.3. The number of H-pyrrole nitrogens is 2. The predicted molar refractivity (Wildman–Crippen MR) is 330 cm³/mol. The minimum absolute atomic E-state index is 0.00417. The summed E-state index contributed by atoms with van der Waals surface area (Å²) in [7, 11) is -3.29. The number of sulfonamides is 1. The van der Waals surface area contributed by atoms with Crippen molar-refractivity contribution in [2.75, 3.05) is 23.1 Å². The summed E-state index contributed by atoms with van der Waals surface area (Å²) in [6.07, 6.45) is 2.57. The van der Waals surface area contributed by atoms with Crippen molar-refractivity contribution >= 4 is 96.5 Å². The van der Waals surface area contributed by atoms with Gasteiger partial charge in [0, 0.05) is 46.2 Å². The second-order valence-electron chi connectivity index (χ2n) is 21.4. The Morgan fingerprint density at radius 2 is 1.59 bits per heavy atom. The van der Waals surface area contributed by atoms with Crippen molar-refractivity contribution in [3.63, 3.8) is 0 Å². The highest BCUT2D eigenvalue weighted by Crippen LogP contribution is 2.42. The third-order valence-electron chi connectivity index (χ3n) is 15.3. The molecule has 11 rings (SSSR count). The van der Waals surface area contributed by atoms with Gasteiger partial charge in [0.25, 0.3) is 5.56 Å². The zero-order valence-electron chi connectivity index (χ0n) is 47.7. The Morgan fingerprint density at radius 1 is 0.830 bits per heavy atom. The minimum Gasteiger partial charge on any atom is -0.495 e. The van der Waals surface area contributed by atoms with E-state index in [1.54, 1.807) is 92.1 Å². The molecule has 2 aliphatic rings. The molecule has 1 unspecified atom stereocenters. The number of carboxylic acid groups (broad SMARTS) is 1. The van der Waals surface area contributed by atoms with Crippen LogP contribution in [0.4, 0.5) is 22.1 Å². The van der Waals surface area contributed by atoms with Crippen molar-refractivity contribution in [2.45, 2.75) is 81.8 Å². The number of carbonyl (C=O) groups is 5. The Balaban J connectivity index is 0.744. The number of hydrogen-bond donors (Lipinski definition) is 9. The van der Waals surface area contributed by atoms with Crippen molar-refractivity contribution in [3.8, 4) is 28.3 Å². The van der Waals surface area contributed by atoms with E-state index in [0.29, 0.717) is 56.2 Å². The van der Waals surface area contributed by atoms with E-state index >= 15 is 0 Å². The molecule has 3 amide bonds. The van der Waals surface area contributed by atoms with E-state index < -0.39 is 75.1 Å². The second kappa shape index (κ2) is 24.6. The number of aliphatic carboxylic acids is 1. The maximum atomic E-state index is 14.5. The number of pyridine rings is 2. The summed E-state index contributed by atoms with van der Waals surface area (Å²) in [4.78, 5) is 102. The van der Waals surface area contributed by atoms with Gasteiger partial charge in [0.15, 0.2) is 5.11 Å². The number of aromatic nitrogens is 6. The molecule has 0 radical (unpaired) electrons. The minimum atomic E-state index is -4.57. The van der Waals surface area contributed by atoms with E-state index in [2.05, 4.69) is 51.2 Å². The molecule has 2 aliphatic heterocycles. The molecule has 0 saturated heterocycles. The van der Waals surface area contributed by atoms with Gasteiger partial charge in [-0.2, -0.15) is 4.72 Å². The number of urea groups is 1. The first-order valence-electron chi connectivity index (χ1n) is 27.9. The molecule has 0 saturated carbocycles. The first-order chi connectivity index (χ1) is 42.3. The van der Waals surface area contributed by atoms with E-state index in [4.69, 9.17) is 31.4 Å². The maximum absolute atomic E-state index is 14.5. The molecule has 4 atom stereocenters. The van der Waals surface area contributed by atoms with Gasteiger partial charge in [0.05, 0.1) is 53.5 Å². The summed E-state index contributed by atoms with van der Waals surface area (Å²) in [6.45, 7) is 4.94. The number of aromatic amines is 2. The number of para-hydroxylation sites is 3. The third-order valence-corrected chi connectivity index (χ3v) is 17.0. The van der Waals surface area contributed by atoms with Crippen molar-refractivity contribution < 1.29 is 51.7 Å². The standard InChI is InChI=1S/C62H58N12O12S2/c1-5-62(43-28-49-53-38(24-37-11-6-7-14-44(37)67-53)30-74(49)55(76)42(43)31-85-58(62)80)86-57(79)52(33(2)3)71-54(75)47(27-41-29-63-32-64-41)70-61(87)66-39-20-17-34(18-21-39)23-48(56(77)78)73-88(82,83)51-26-36(19-22-50(51)84-4)35-12-10-13-40(25-35)65-60(81)72-59-68-45-15-8-9-16-46(45)69-59/h6-22,24-26,28-29,32-33,47-48,52,73H,5,23,27,30-31H2,1-4H3,(H,63,64)(H,71,75)(H,77,78)(H2,66,70,87)(H3,65,68,69,72,81)/t47-,48?,52+,62-/m0/s1. The molecule has 24 nitrogen and oxygen atoms in total. The lowest BCUT2D eigenvalue weighted by atomic mass is 9.85. The van der Waals surface area contributed by atoms with E-state index in [9.17, 15) is 42.3 Å². The van der Waals surface area contributed by atoms with Crippen LogP contribution in [0.15, 0.2) is 150 Å². The lowest BCUT2D eigenvalue weighted by Gasteiger charge is -2.37. The number of carbonyl (C=O) groups excluding carboxylic acids is 4. The Kier molecular flexibility index (Phi) is 16.6. The topological polar surface area (TPSA) is 332 Å². The number of methoxy groups -OCH3 is 1. The number of ether oxygens (including phenoxy) is 3. The summed E-state index contributed by atoms with van der Waals surface area (Å²) in [6, 6.07) is 31.2. The number of thiocarbonyl (C=S) groups is 1. The molecule has 26 heteroatoms. The van der Waals surface area contributed by atoms with Gasteiger partial charge in [-0.3, -0.25) is 19.7 Å². The molecule has 88 heavy (non-hydrogen) atoms. The van der Waals surface area contributed by atoms with Crippen molar-refractivity contribution in [3.05, 3.63) is 178 Å². The zero-order chi connectivity index (χ0) is 62.0. The van der Waals surface area contributed by atoms with Gasteiger partial charge in [0.1, 0.15) is 35.4 Å². The molecular weight excluding hydrogens is 1170 g/mol. The molecule has 5 aromatic carbocycles. The number of hydrogen-bond acceptors (Lipinski definition) is 15. The maximum Gasteiger partial charge on any atom is 0.355 e. The van der Waals surface area contributed by atoms with Gasteiger partial charge in [-0.05, 0) is 114 Å². The summed E-state index contributed by atoms with van der Waals surface area (Å²) >= 11 is 5.69. The van der Waals surface area contributed by atoms with Crippen molar-refractivity contribution in [2.24, 2.45) is 5.92 Å². The highest BCUT2D eigenvalue weighted by atomic mass is 32.2. The third kappa shape index (κ3) is 12.2. The average molecular weight is 1230 g/mol. The number of nitrogens with one attached hydrogen (secondary N) is 8. The van der Waals surface area contributed by atoms with Crippen LogP contribution in [-0.4, -0.2) is 103 Å². The van der Waals surface area contributed by atoms with Gasteiger partial charge in [-0.25, -0.2) is 37.8 Å². The number of fused-ring (bicyclic) bond motifs is 6. The molecule has 9 N–H and O–H groups in total. The highest BCUT2D eigenvalue weighted by Gasteiger charge is 2.51. The van der Waals surface area contributed by atoms with Crippen LogP contribution in [0.1, 0.15) is 55.1 Å². The number of anilines is 3. The van der Waals surface area contributed by atoms with E-state index in [1.807, 2.05) is 48.5 Å². The molecule has 450 valence electrons. The Hall–Kier alpha value is -10.3. The van der Waals surface area contributed by atoms with Crippen LogP contribution >= 0.6 is 12.2 Å². The summed E-state index contributed by atoms with van der Waals surface area (Å²) in [5.41, 5.74) is 4.56. The van der Waals surface area contributed by atoms with Crippen LogP contribution in [0.5, 0.6) is 5.75 Å². The summed E-state index contributed by atoms with van der Waals surface area (Å²) in [5, 5.41) is 25.5. The average Bonchev–Trinajstić information content (AvgIpc) is 1.40. The Labute approximate surface area is 507 Å². The quantitative estimate of drug-likeness (QED) is 0.0268. The molecule has 4 aromatic heterocycles. The number of benzene rings is 5. The summed E-state index contributed by atoms with van der Waals surface area (Å²) in [5.74, 6) is -4.35. The highest BCUT2D eigenvalue weighted by molar-refractivity contribution is 7.89. The Bertz CT molecular complexity index is 4390. The van der Waals surface area contributed by atoms with E-state index in [-0.39, 0.29) is 65.2 Å². The number of carboxylic acids is 1. The largest absolute Gasteiger partial charge is 0.495 e. The van der Waals surface area contributed by atoms with Crippen molar-refractivity contribution in [1.82, 2.24) is 44.8 Å². The number of esters is 2. The monoisotopic (exact) mass is 1230 g/mol. The first-order valence-corrected chi connectivity index (χ1v) is 29.8. The fourth-order valence-electron chi connectivity index (χ4n) is 10.7. The van der Waals surface area contributed by atoms with Gasteiger partial charge >= 0.3 is 23.9 Å². The number of imidazole rings is 2. The second-order valence-corrected chi connectivity index (χ2v) is 23.5. The fourth-order valence-corrected chi connectivity index (χ4v) is 12.4.